The van der Waals surface area contributed by atoms with E-state index in [0.29, 0.717) is 23.9 Å². The molecular weight excluding hydrogens is 306 g/mol. The van der Waals surface area contributed by atoms with E-state index in [1.165, 1.54) is 0 Å². The number of aliphatic hydroxyl groups excluding tert-OH is 1. The van der Waals surface area contributed by atoms with Gasteiger partial charge in [-0.3, -0.25) is 9.80 Å². The highest BCUT2D eigenvalue weighted by Crippen LogP contribution is 2.27. The number of nitrogen functional groups attached to an aromatic ring is 1. The SMILES string of the molecule is CCC(CO)N1CCN(Cc2nc(N)c3c(C)c(C)oc3n2)CC1. The van der Waals surface area contributed by atoms with Crippen molar-refractivity contribution in [2.45, 2.75) is 39.8 Å². The van der Waals surface area contributed by atoms with Gasteiger partial charge in [-0.25, -0.2) is 4.98 Å². The molecule has 1 saturated heterocycles. The third-order valence-electron chi connectivity index (χ3n) is 5.07. The highest BCUT2D eigenvalue weighted by molar-refractivity contribution is 5.88. The Morgan fingerprint density at radius 2 is 1.92 bits per heavy atom. The molecule has 1 aliphatic heterocycles. The van der Waals surface area contributed by atoms with Gasteiger partial charge in [-0.2, -0.15) is 4.98 Å². The molecule has 3 rings (SSSR count). The first-order valence-electron chi connectivity index (χ1n) is 8.62. The molecule has 1 aliphatic rings. The average Bonchev–Trinajstić information content (AvgIpc) is 2.85. The van der Waals surface area contributed by atoms with E-state index in [-0.39, 0.29) is 12.6 Å². The summed E-state index contributed by atoms with van der Waals surface area (Å²) in [4.78, 5) is 13.7. The van der Waals surface area contributed by atoms with E-state index in [0.717, 1.165) is 49.3 Å². The number of aromatic nitrogens is 2. The fraction of sp³-hybridized carbons (Fsp3) is 0.647. The van der Waals surface area contributed by atoms with Gasteiger partial charge < -0.3 is 15.3 Å². The van der Waals surface area contributed by atoms with Gasteiger partial charge in [-0.1, -0.05) is 6.92 Å². The fourth-order valence-electron chi connectivity index (χ4n) is 3.39. The van der Waals surface area contributed by atoms with Crippen LogP contribution in [0, 0.1) is 13.8 Å². The zero-order valence-corrected chi connectivity index (χ0v) is 14.7. The van der Waals surface area contributed by atoms with Crippen molar-refractivity contribution in [3.8, 4) is 0 Å². The number of aryl methyl sites for hydroxylation is 2. The molecule has 0 bridgehead atoms. The Morgan fingerprint density at radius 3 is 2.54 bits per heavy atom. The van der Waals surface area contributed by atoms with Crippen LogP contribution in [0.4, 0.5) is 5.82 Å². The Labute approximate surface area is 142 Å². The van der Waals surface area contributed by atoms with Gasteiger partial charge in [0.1, 0.15) is 17.4 Å². The number of hydrogen-bond acceptors (Lipinski definition) is 7. The summed E-state index contributed by atoms with van der Waals surface area (Å²) in [6, 6.07) is 0.268. The number of nitrogens with two attached hydrogens (primary N) is 1. The molecule has 0 radical (unpaired) electrons. The Morgan fingerprint density at radius 1 is 1.21 bits per heavy atom. The lowest BCUT2D eigenvalue weighted by molar-refractivity contribution is 0.0599. The zero-order valence-electron chi connectivity index (χ0n) is 14.7. The Hall–Kier alpha value is -1.70. The van der Waals surface area contributed by atoms with Gasteiger partial charge in [0.2, 0.25) is 5.71 Å². The lowest BCUT2D eigenvalue weighted by Crippen LogP contribution is -2.50. The molecular formula is C17H27N5O2. The second kappa shape index (κ2) is 7.04. The van der Waals surface area contributed by atoms with Gasteiger partial charge in [0.15, 0.2) is 0 Å². The van der Waals surface area contributed by atoms with Crippen molar-refractivity contribution in [1.29, 1.82) is 0 Å². The van der Waals surface area contributed by atoms with Crippen LogP contribution in [-0.2, 0) is 6.54 Å². The van der Waals surface area contributed by atoms with E-state index in [1.807, 2.05) is 13.8 Å². The van der Waals surface area contributed by atoms with Crippen LogP contribution in [0.25, 0.3) is 11.1 Å². The fourth-order valence-corrected chi connectivity index (χ4v) is 3.39. The number of nitrogens with zero attached hydrogens (tertiary/aromatic N) is 4. The quantitative estimate of drug-likeness (QED) is 0.852. The molecule has 1 atom stereocenters. The maximum Gasteiger partial charge on any atom is 0.231 e. The van der Waals surface area contributed by atoms with Crippen molar-refractivity contribution < 1.29 is 9.52 Å². The highest BCUT2D eigenvalue weighted by atomic mass is 16.3. The van der Waals surface area contributed by atoms with Crippen molar-refractivity contribution in [2.24, 2.45) is 0 Å². The van der Waals surface area contributed by atoms with Gasteiger partial charge in [-0.05, 0) is 20.3 Å². The van der Waals surface area contributed by atoms with Crippen LogP contribution < -0.4 is 5.73 Å². The number of piperazine rings is 1. The van der Waals surface area contributed by atoms with E-state index in [4.69, 9.17) is 10.2 Å². The second-order valence-corrected chi connectivity index (χ2v) is 6.55. The predicted molar refractivity (Wildman–Crippen MR) is 93.7 cm³/mol. The summed E-state index contributed by atoms with van der Waals surface area (Å²) in [6.45, 7) is 10.7. The molecule has 1 fully saturated rings. The van der Waals surface area contributed by atoms with Crippen LogP contribution in [0.2, 0.25) is 0 Å². The molecule has 7 heteroatoms. The first-order chi connectivity index (χ1) is 11.5. The largest absolute Gasteiger partial charge is 0.443 e. The standard InChI is InChI=1S/C17H27N5O2/c1-4-13(10-23)22-7-5-21(6-8-22)9-14-19-16(18)15-11(2)12(3)24-17(15)20-14/h13,23H,4-10H2,1-3H3,(H2,18,19,20). The summed E-state index contributed by atoms with van der Waals surface area (Å²) in [5.41, 5.74) is 7.70. The van der Waals surface area contributed by atoms with Gasteiger partial charge in [0.25, 0.3) is 0 Å². The summed E-state index contributed by atoms with van der Waals surface area (Å²) in [5, 5.41) is 10.3. The third-order valence-corrected chi connectivity index (χ3v) is 5.07. The van der Waals surface area contributed by atoms with Gasteiger partial charge >= 0.3 is 0 Å². The molecule has 2 aromatic rings. The summed E-state index contributed by atoms with van der Waals surface area (Å²) < 4.78 is 5.70. The molecule has 0 aromatic carbocycles. The van der Waals surface area contributed by atoms with E-state index in [9.17, 15) is 5.11 Å². The maximum absolute atomic E-state index is 9.44. The predicted octanol–water partition coefficient (Wildman–Crippen LogP) is 1.31. The van der Waals surface area contributed by atoms with Crippen LogP contribution >= 0.6 is 0 Å². The summed E-state index contributed by atoms with van der Waals surface area (Å²) in [7, 11) is 0. The number of fused-ring (bicyclic) bond motifs is 1. The molecule has 1 unspecified atom stereocenters. The molecule has 132 valence electrons. The first-order valence-corrected chi connectivity index (χ1v) is 8.62. The number of hydrogen-bond donors (Lipinski definition) is 2. The second-order valence-electron chi connectivity index (χ2n) is 6.55. The number of aliphatic hydroxyl groups is 1. The summed E-state index contributed by atoms with van der Waals surface area (Å²) in [5.74, 6) is 2.04. The molecule has 3 heterocycles. The van der Waals surface area contributed by atoms with E-state index < -0.39 is 0 Å². The van der Waals surface area contributed by atoms with Crippen molar-refractivity contribution >= 4 is 16.9 Å². The topological polar surface area (TPSA) is 91.7 Å². The molecule has 24 heavy (non-hydrogen) atoms. The van der Waals surface area contributed by atoms with Crippen molar-refractivity contribution in [3.63, 3.8) is 0 Å². The van der Waals surface area contributed by atoms with Crippen LogP contribution in [0.5, 0.6) is 0 Å². The summed E-state index contributed by atoms with van der Waals surface area (Å²) in [6.07, 6.45) is 0.976. The van der Waals surface area contributed by atoms with Crippen molar-refractivity contribution in [2.75, 3.05) is 38.5 Å². The van der Waals surface area contributed by atoms with Gasteiger partial charge in [0, 0.05) is 37.8 Å². The zero-order chi connectivity index (χ0) is 17.3. The molecule has 0 saturated carbocycles. The lowest BCUT2D eigenvalue weighted by atomic mass is 10.1. The number of furan rings is 1. The summed E-state index contributed by atoms with van der Waals surface area (Å²) >= 11 is 0. The molecule has 0 spiro atoms. The van der Waals surface area contributed by atoms with Gasteiger partial charge in [0.05, 0.1) is 18.5 Å². The number of rotatable bonds is 5. The van der Waals surface area contributed by atoms with E-state index in [1.54, 1.807) is 0 Å². The molecule has 2 aromatic heterocycles. The Balaban J connectivity index is 1.68. The molecule has 0 aliphatic carbocycles. The van der Waals surface area contributed by atoms with E-state index >= 15 is 0 Å². The van der Waals surface area contributed by atoms with Crippen LogP contribution in [0.15, 0.2) is 4.42 Å². The Kier molecular flexibility index (Phi) is 5.03. The monoisotopic (exact) mass is 333 g/mol. The third kappa shape index (κ3) is 3.24. The molecule has 0 amide bonds. The minimum absolute atomic E-state index is 0.226. The average molecular weight is 333 g/mol. The minimum atomic E-state index is 0.226. The molecule has 7 nitrogen and oxygen atoms in total. The lowest BCUT2D eigenvalue weighted by Gasteiger charge is -2.38. The van der Waals surface area contributed by atoms with Crippen LogP contribution in [-0.4, -0.2) is 63.7 Å². The van der Waals surface area contributed by atoms with Crippen molar-refractivity contribution in [1.82, 2.24) is 19.8 Å². The van der Waals surface area contributed by atoms with Gasteiger partial charge in [-0.15, -0.1) is 0 Å². The molecule has 3 N–H and O–H groups in total. The van der Waals surface area contributed by atoms with Crippen LogP contribution in [0.3, 0.4) is 0 Å². The normalized spacial score (nSPS) is 18.3. The van der Waals surface area contributed by atoms with Crippen molar-refractivity contribution in [3.05, 3.63) is 17.1 Å². The minimum Gasteiger partial charge on any atom is -0.443 e. The highest BCUT2D eigenvalue weighted by Gasteiger charge is 2.23. The number of anilines is 1. The van der Waals surface area contributed by atoms with Crippen LogP contribution in [0.1, 0.15) is 30.5 Å². The maximum atomic E-state index is 9.44. The smallest absolute Gasteiger partial charge is 0.231 e. The van der Waals surface area contributed by atoms with E-state index in [2.05, 4.69) is 26.7 Å². The Bertz CT molecular complexity index is 703. The first kappa shape index (κ1) is 17.1.